The van der Waals surface area contributed by atoms with Crippen LogP contribution in [0, 0.1) is 11.3 Å². The second-order valence-corrected chi connectivity index (χ2v) is 34.6. The van der Waals surface area contributed by atoms with Gasteiger partial charge in [-0.2, -0.15) is 5.26 Å². The van der Waals surface area contributed by atoms with Gasteiger partial charge < -0.3 is 18.9 Å². The van der Waals surface area contributed by atoms with Gasteiger partial charge in [0.15, 0.2) is 0 Å². The highest BCUT2D eigenvalue weighted by Gasteiger charge is 2.47. The molecular formula is C99H90BN5. The first-order valence-electron chi connectivity index (χ1n) is 37.4. The Balaban J connectivity index is 1.07. The van der Waals surface area contributed by atoms with E-state index in [2.05, 4.69) is 396 Å². The first-order valence-corrected chi connectivity index (χ1v) is 37.4. The van der Waals surface area contributed by atoms with Gasteiger partial charge in [-0.05, 0) is 203 Å². The zero-order valence-electron chi connectivity index (χ0n) is 63.3. The van der Waals surface area contributed by atoms with Crippen molar-refractivity contribution in [1.82, 2.24) is 9.13 Å². The summed E-state index contributed by atoms with van der Waals surface area (Å²) in [6.07, 6.45) is 0. The van der Waals surface area contributed by atoms with Crippen LogP contribution in [0.2, 0.25) is 0 Å². The number of anilines is 6. The molecule has 0 amide bonds. The second kappa shape index (κ2) is 24.4. The number of nitriles is 1. The molecule has 0 saturated carbocycles. The van der Waals surface area contributed by atoms with Crippen LogP contribution in [0.3, 0.4) is 0 Å². The summed E-state index contributed by atoms with van der Waals surface area (Å²) in [5.41, 5.74) is 32.3. The quantitative estimate of drug-likeness (QED) is 0.142. The van der Waals surface area contributed by atoms with Gasteiger partial charge in [-0.3, -0.25) is 0 Å². The van der Waals surface area contributed by atoms with E-state index in [1.807, 2.05) is 6.07 Å². The lowest BCUT2D eigenvalue weighted by Crippen LogP contribution is -2.61. The summed E-state index contributed by atoms with van der Waals surface area (Å²) in [5, 5.41) is 15.1. The fourth-order valence-corrected chi connectivity index (χ4v) is 16.7. The molecule has 0 aliphatic carbocycles. The van der Waals surface area contributed by atoms with Gasteiger partial charge in [-0.1, -0.05) is 268 Å². The number of fused-ring (bicyclic) bond motifs is 10. The van der Waals surface area contributed by atoms with Crippen LogP contribution in [0.4, 0.5) is 34.1 Å². The summed E-state index contributed by atoms with van der Waals surface area (Å²) in [5.74, 6) is 0. The Morgan fingerprint density at radius 2 is 0.600 bits per heavy atom. The number of benzene rings is 13. The second-order valence-electron chi connectivity index (χ2n) is 34.6. The standard InChI is InChI=1S/C99H90BN5/c1-95(2,3)67-41-48-86-80(51-67)81-52-68(96(4,5)6)42-49-87(81)103(86)73-44-46-83-89(60-73)105(94-77(65-34-24-18-25-35-65)55-70(98(10,11)12)56-78(94)66-36-26-19-27-37-66)91-58-71(99(13,14)15)57-90-92(91)100(83)82-45-43-72(102-84-39-29-28-38-74(84)79-50-62(61-101)40-47-85(79)102)59-88(82)104(90)93-75(63-30-20-16-21-31-63)53-69(97(7,8)9)54-76(93)64-32-22-17-23-33-64/h16-60H,1-15H3. The molecule has 0 radical (unpaired) electrons. The lowest BCUT2D eigenvalue weighted by Gasteiger charge is -2.47. The number of aromatic nitrogens is 2. The largest absolute Gasteiger partial charge is 0.310 e. The molecule has 514 valence electrons. The fraction of sp³-hybridized carbons (Fsp3) is 0.202. The lowest BCUT2D eigenvalue weighted by atomic mass is 9.33. The Morgan fingerprint density at radius 1 is 0.276 bits per heavy atom. The SMILES string of the molecule is CC(C)(C)c1cc(-c2ccccc2)c(N2c3cc(-n4c5ccccc5c5cc(C#N)ccc54)ccc3B3c4ccc(-n5c6ccc(C(C)(C)C)cc6c6cc(C(C)(C)C)ccc65)cc4N(c4c(-c5ccccc5)cc(C(C)(C)C)cc4-c4ccccc4)c4cc(C(C)(C)C)cc2c43)c(-c2ccccc2)c1. The Bertz CT molecular complexity index is 5860. The fourth-order valence-electron chi connectivity index (χ4n) is 16.7. The molecule has 4 heterocycles. The summed E-state index contributed by atoms with van der Waals surface area (Å²) in [6.45, 7) is 35.0. The maximum atomic E-state index is 10.4. The van der Waals surface area contributed by atoms with Gasteiger partial charge in [0.2, 0.25) is 0 Å². The van der Waals surface area contributed by atoms with Crippen LogP contribution in [0.5, 0.6) is 0 Å². The molecule has 0 N–H and O–H groups in total. The van der Waals surface area contributed by atoms with Crippen LogP contribution in [-0.4, -0.2) is 15.8 Å². The van der Waals surface area contributed by atoms with Crippen LogP contribution >= 0.6 is 0 Å². The molecule has 0 saturated heterocycles. The third-order valence-corrected chi connectivity index (χ3v) is 22.5. The van der Waals surface area contributed by atoms with Gasteiger partial charge >= 0.3 is 0 Å². The maximum Gasteiger partial charge on any atom is 0.252 e. The normalized spacial score (nSPS) is 13.2. The minimum atomic E-state index is -0.351. The number of nitrogens with zero attached hydrogens (tertiary/aromatic N) is 5. The molecule has 6 heteroatoms. The van der Waals surface area contributed by atoms with Crippen molar-refractivity contribution < 1.29 is 0 Å². The van der Waals surface area contributed by atoms with Crippen LogP contribution in [0.1, 0.15) is 137 Å². The zero-order valence-corrected chi connectivity index (χ0v) is 63.3. The maximum absolute atomic E-state index is 10.4. The molecule has 2 aliphatic heterocycles. The van der Waals surface area contributed by atoms with Crippen molar-refractivity contribution in [2.24, 2.45) is 0 Å². The summed E-state index contributed by atoms with van der Waals surface area (Å²) >= 11 is 0. The predicted octanol–water partition coefficient (Wildman–Crippen LogP) is 25.0. The van der Waals surface area contributed by atoms with E-state index in [1.165, 1.54) is 66.0 Å². The monoisotopic (exact) mass is 1360 g/mol. The molecule has 0 bridgehead atoms. The molecule has 15 aromatic rings. The van der Waals surface area contributed by atoms with Crippen molar-refractivity contribution in [2.75, 3.05) is 9.80 Å². The number of hydrogen-bond donors (Lipinski definition) is 0. The molecule has 2 aromatic heterocycles. The Hall–Kier alpha value is -11.4. The van der Waals surface area contributed by atoms with Crippen LogP contribution in [0.15, 0.2) is 273 Å². The molecule has 13 aromatic carbocycles. The smallest absolute Gasteiger partial charge is 0.252 e. The zero-order chi connectivity index (χ0) is 73.0. The molecule has 0 atom stereocenters. The average Bonchev–Trinajstić information content (AvgIpc) is 1.10. The van der Waals surface area contributed by atoms with Gasteiger partial charge in [-0.15, -0.1) is 0 Å². The van der Waals surface area contributed by atoms with Gasteiger partial charge in [0.05, 0.1) is 45.1 Å². The lowest BCUT2D eigenvalue weighted by molar-refractivity contribution is 0.590. The van der Waals surface area contributed by atoms with Crippen LogP contribution < -0.4 is 26.2 Å². The first kappa shape index (κ1) is 66.8. The van der Waals surface area contributed by atoms with Gasteiger partial charge in [0, 0.05) is 77.9 Å². The molecule has 0 unspecified atom stereocenters. The third kappa shape index (κ3) is 11.2. The molecule has 0 fully saturated rings. The number of rotatable bonds is 8. The Morgan fingerprint density at radius 3 is 0.962 bits per heavy atom. The van der Waals surface area contributed by atoms with E-state index in [-0.39, 0.29) is 33.8 Å². The van der Waals surface area contributed by atoms with E-state index >= 15 is 0 Å². The number of para-hydroxylation sites is 1. The van der Waals surface area contributed by atoms with Crippen molar-refractivity contribution in [2.45, 2.75) is 131 Å². The summed E-state index contributed by atoms with van der Waals surface area (Å²) < 4.78 is 4.98. The highest BCUT2D eigenvalue weighted by atomic mass is 15.2. The van der Waals surface area contributed by atoms with Gasteiger partial charge in [-0.25, -0.2) is 0 Å². The van der Waals surface area contributed by atoms with Crippen molar-refractivity contribution in [1.29, 1.82) is 5.26 Å². The van der Waals surface area contributed by atoms with E-state index in [0.29, 0.717) is 5.56 Å². The van der Waals surface area contributed by atoms with Crippen LogP contribution in [-0.2, 0) is 27.1 Å². The molecule has 105 heavy (non-hydrogen) atoms. The molecule has 17 rings (SSSR count). The first-order chi connectivity index (χ1) is 50.2. The summed E-state index contributed by atoms with van der Waals surface area (Å²) in [7, 11) is 0. The van der Waals surface area contributed by atoms with Crippen molar-refractivity contribution >= 4 is 101 Å². The molecular weight excluding hydrogens is 1270 g/mol. The van der Waals surface area contributed by atoms with Gasteiger partial charge in [0.25, 0.3) is 6.71 Å². The van der Waals surface area contributed by atoms with E-state index in [9.17, 15) is 5.26 Å². The Kier molecular flexibility index (Phi) is 15.5. The van der Waals surface area contributed by atoms with Gasteiger partial charge in [0.1, 0.15) is 0 Å². The minimum Gasteiger partial charge on any atom is -0.310 e. The molecule has 0 spiro atoms. The van der Waals surface area contributed by atoms with E-state index in [0.717, 1.165) is 112 Å². The third-order valence-electron chi connectivity index (χ3n) is 22.5. The highest BCUT2D eigenvalue weighted by Crippen LogP contribution is 2.56. The van der Waals surface area contributed by atoms with Crippen molar-refractivity contribution in [3.05, 3.63) is 306 Å². The molecule has 2 aliphatic rings. The summed E-state index contributed by atoms with van der Waals surface area (Å²) in [4.78, 5) is 5.43. The van der Waals surface area contributed by atoms with Crippen molar-refractivity contribution in [3.8, 4) is 62.0 Å². The Labute approximate surface area is 620 Å². The van der Waals surface area contributed by atoms with Crippen LogP contribution in [0.25, 0.3) is 99.5 Å². The average molecular weight is 1360 g/mol. The van der Waals surface area contributed by atoms with E-state index in [4.69, 9.17) is 0 Å². The number of hydrogen-bond acceptors (Lipinski definition) is 3. The van der Waals surface area contributed by atoms with Crippen molar-refractivity contribution in [3.63, 3.8) is 0 Å². The minimum absolute atomic E-state index is 0.0650. The highest BCUT2D eigenvalue weighted by molar-refractivity contribution is 7.00. The predicted molar refractivity (Wildman–Crippen MR) is 449 cm³/mol. The summed E-state index contributed by atoms with van der Waals surface area (Å²) in [6, 6.07) is 106. The van der Waals surface area contributed by atoms with E-state index < -0.39 is 0 Å². The molecule has 5 nitrogen and oxygen atoms in total. The topological polar surface area (TPSA) is 40.1 Å². The van der Waals surface area contributed by atoms with E-state index in [1.54, 1.807) is 0 Å².